The summed E-state index contributed by atoms with van der Waals surface area (Å²) < 4.78 is 0.932. The highest BCUT2D eigenvalue weighted by Crippen LogP contribution is 2.28. The number of halogens is 1. The lowest BCUT2D eigenvalue weighted by Gasteiger charge is -2.09. The van der Waals surface area contributed by atoms with Gasteiger partial charge in [-0.05, 0) is 49.7 Å². The number of aromatic nitrogens is 2. The molecule has 2 aromatic heterocycles. The first-order valence-corrected chi connectivity index (χ1v) is 7.29. The van der Waals surface area contributed by atoms with Gasteiger partial charge in [0.1, 0.15) is 5.82 Å². The van der Waals surface area contributed by atoms with E-state index >= 15 is 0 Å². The summed E-state index contributed by atoms with van der Waals surface area (Å²) in [5, 5.41) is 5.73. The third-order valence-electron chi connectivity index (χ3n) is 3.37. The molecule has 0 aliphatic heterocycles. The van der Waals surface area contributed by atoms with Gasteiger partial charge in [0.2, 0.25) is 0 Å². The Balaban J connectivity index is 2.07. The van der Waals surface area contributed by atoms with Crippen LogP contribution in [0.25, 0.3) is 21.2 Å². The molecule has 0 bridgehead atoms. The molecule has 6 nitrogen and oxygen atoms in total. The lowest BCUT2D eigenvalue weighted by Crippen LogP contribution is -1.98. The lowest BCUT2D eigenvalue weighted by molar-refractivity contribution is 1.13. The third-order valence-corrected chi connectivity index (χ3v) is 4.00. The Morgan fingerprint density at radius 2 is 2.14 bits per heavy atom. The molecule has 1 aromatic carbocycles. The fourth-order valence-electron chi connectivity index (χ4n) is 2.29. The Labute approximate surface area is 134 Å². The van der Waals surface area contributed by atoms with Crippen molar-refractivity contribution in [2.45, 2.75) is 6.42 Å². The zero-order valence-electron chi connectivity index (χ0n) is 11.4. The van der Waals surface area contributed by atoms with Gasteiger partial charge in [0.05, 0.1) is 0 Å². The number of benzene rings is 1. The van der Waals surface area contributed by atoms with Crippen LogP contribution in [0.3, 0.4) is 0 Å². The molecule has 108 valence electrons. The monoisotopic (exact) mass is 354 g/mol. The van der Waals surface area contributed by atoms with E-state index in [0.29, 0.717) is 17.9 Å². The van der Waals surface area contributed by atoms with Gasteiger partial charge < -0.3 is 5.73 Å². The molecule has 0 radical (unpaired) electrons. The first-order valence-electron chi connectivity index (χ1n) is 6.49. The molecule has 2 heterocycles. The highest BCUT2D eigenvalue weighted by atomic mass is 79.9. The summed E-state index contributed by atoms with van der Waals surface area (Å²) in [5.41, 5.74) is 17.0. The number of azide groups is 1. The van der Waals surface area contributed by atoms with Gasteiger partial charge in [0.15, 0.2) is 0 Å². The van der Waals surface area contributed by atoms with E-state index in [0.717, 1.165) is 26.4 Å². The maximum absolute atomic E-state index is 8.64. The Kier molecular flexibility index (Phi) is 3.91. The fourth-order valence-corrected chi connectivity index (χ4v) is 2.76. The quantitative estimate of drug-likeness (QED) is 0.425. The average Bonchev–Trinajstić information content (AvgIpc) is 2.52. The molecule has 3 aromatic rings. The number of nitrogens with two attached hydrogens (primary N) is 1. The van der Waals surface area contributed by atoms with Crippen molar-refractivity contribution in [1.82, 2.24) is 9.97 Å². The molecule has 0 fully saturated rings. The number of hydrogen-bond acceptors (Lipinski definition) is 4. The van der Waals surface area contributed by atoms with Crippen LogP contribution in [0.2, 0.25) is 0 Å². The molecule has 0 unspecified atom stereocenters. The van der Waals surface area contributed by atoms with Gasteiger partial charge >= 0.3 is 0 Å². The molecule has 0 saturated carbocycles. The van der Waals surface area contributed by atoms with Crippen LogP contribution in [0, 0.1) is 0 Å². The molecule has 0 aliphatic carbocycles. The van der Waals surface area contributed by atoms with E-state index in [9.17, 15) is 0 Å². The molecule has 0 aliphatic rings. The normalized spacial score (nSPS) is 10.4. The fraction of sp³-hybridized carbons (Fsp3) is 0.0667. The summed E-state index contributed by atoms with van der Waals surface area (Å²) in [4.78, 5) is 11.0. The van der Waals surface area contributed by atoms with Gasteiger partial charge in [0, 0.05) is 51.0 Å². The van der Waals surface area contributed by atoms with E-state index in [4.69, 9.17) is 11.3 Å². The van der Waals surface area contributed by atoms with Crippen LogP contribution in [0.5, 0.6) is 0 Å². The summed E-state index contributed by atoms with van der Waals surface area (Å²) in [5.74, 6) is 0.316. The second kappa shape index (κ2) is 6.01. The minimum Gasteiger partial charge on any atom is -0.398 e. The van der Waals surface area contributed by atoms with Crippen molar-refractivity contribution in [1.29, 1.82) is 0 Å². The molecule has 2 N–H and O–H groups in total. The zero-order valence-corrected chi connectivity index (χ0v) is 13.0. The molecule has 22 heavy (non-hydrogen) atoms. The Morgan fingerprint density at radius 1 is 1.27 bits per heavy atom. The van der Waals surface area contributed by atoms with Crippen LogP contribution in [-0.4, -0.2) is 9.97 Å². The molecule has 0 saturated heterocycles. The predicted octanol–water partition coefficient (Wildman–Crippen LogP) is 4.51. The Hall–Kier alpha value is -2.63. The first kappa shape index (κ1) is 14.3. The number of hydrogen-bond donors (Lipinski definition) is 1. The topological polar surface area (TPSA) is 101 Å². The minimum absolute atomic E-state index is 0.316. The summed E-state index contributed by atoms with van der Waals surface area (Å²) in [7, 11) is 0. The van der Waals surface area contributed by atoms with Crippen molar-refractivity contribution in [2.75, 3.05) is 5.73 Å². The molecule has 7 heteroatoms. The van der Waals surface area contributed by atoms with Gasteiger partial charge in [0.25, 0.3) is 0 Å². The standard InChI is InChI=1S/C15H11BrN6/c16-13-8-19-7-10-2-1-9(5-11(10)13)6-12-14(17)3-4-20-15(12)21-22-18/h1-5,7-8H,6H2,(H2,17,20). The van der Waals surface area contributed by atoms with Crippen molar-refractivity contribution in [3.8, 4) is 0 Å². The van der Waals surface area contributed by atoms with Gasteiger partial charge in [-0.1, -0.05) is 12.1 Å². The SMILES string of the molecule is [N-]=[N+]=Nc1nccc(N)c1Cc1ccc2cncc(Br)c2c1. The largest absolute Gasteiger partial charge is 0.398 e. The second-order valence-electron chi connectivity index (χ2n) is 4.75. The van der Waals surface area contributed by atoms with Crippen LogP contribution < -0.4 is 5.73 Å². The second-order valence-corrected chi connectivity index (χ2v) is 5.60. The zero-order chi connectivity index (χ0) is 15.5. The van der Waals surface area contributed by atoms with Crippen LogP contribution in [0.4, 0.5) is 11.5 Å². The number of rotatable bonds is 3. The van der Waals surface area contributed by atoms with E-state index in [1.807, 2.05) is 18.3 Å². The van der Waals surface area contributed by atoms with Crippen molar-refractivity contribution in [3.63, 3.8) is 0 Å². The van der Waals surface area contributed by atoms with Crippen LogP contribution >= 0.6 is 15.9 Å². The van der Waals surface area contributed by atoms with E-state index in [1.54, 1.807) is 12.3 Å². The van der Waals surface area contributed by atoms with Gasteiger partial charge in [-0.15, -0.1) is 0 Å². The summed E-state index contributed by atoms with van der Waals surface area (Å²) in [6.07, 6.45) is 5.65. The molecular weight excluding hydrogens is 344 g/mol. The van der Waals surface area contributed by atoms with E-state index in [2.05, 4.69) is 42.0 Å². The average molecular weight is 355 g/mol. The van der Waals surface area contributed by atoms with E-state index in [1.165, 1.54) is 6.20 Å². The van der Waals surface area contributed by atoms with Crippen molar-refractivity contribution >= 4 is 38.2 Å². The summed E-state index contributed by atoms with van der Waals surface area (Å²) in [6.45, 7) is 0. The molecule has 0 amide bonds. The third kappa shape index (κ3) is 2.72. The maximum Gasteiger partial charge on any atom is 0.132 e. The highest BCUT2D eigenvalue weighted by Gasteiger charge is 2.09. The molecular formula is C15H11BrN6. The molecule has 3 rings (SSSR count). The number of nitrogens with zero attached hydrogens (tertiary/aromatic N) is 5. The van der Waals surface area contributed by atoms with Crippen LogP contribution in [-0.2, 0) is 6.42 Å². The van der Waals surface area contributed by atoms with Gasteiger partial charge in [-0.25, -0.2) is 0 Å². The molecule has 0 spiro atoms. The minimum atomic E-state index is 0.316. The van der Waals surface area contributed by atoms with Crippen molar-refractivity contribution < 1.29 is 0 Å². The van der Waals surface area contributed by atoms with Crippen molar-refractivity contribution in [2.24, 2.45) is 5.11 Å². The van der Waals surface area contributed by atoms with Gasteiger partial charge in [-0.3, -0.25) is 9.97 Å². The van der Waals surface area contributed by atoms with Crippen LogP contribution in [0.1, 0.15) is 11.1 Å². The molecule has 0 atom stereocenters. The Morgan fingerprint density at radius 3 is 2.95 bits per heavy atom. The predicted molar refractivity (Wildman–Crippen MR) is 89.7 cm³/mol. The van der Waals surface area contributed by atoms with Crippen LogP contribution in [0.15, 0.2) is 52.4 Å². The maximum atomic E-state index is 8.64. The van der Waals surface area contributed by atoms with E-state index < -0.39 is 0 Å². The first-order chi connectivity index (χ1) is 10.7. The smallest absolute Gasteiger partial charge is 0.132 e. The van der Waals surface area contributed by atoms with Gasteiger partial charge in [-0.2, -0.15) is 0 Å². The highest BCUT2D eigenvalue weighted by molar-refractivity contribution is 9.10. The number of pyridine rings is 2. The lowest BCUT2D eigenvalue weighted by atomic mass is 10.0. The number of nitrogen functional groups attached to an aromatic ring is 1. The Bertz CT molecular complexity index is 902. The van der Waals surface area contributed by atoms with E-state index in [-0.39, 0.29) is 0 Å². The van der Waals surface area contributed by atoms with Crippen molar-refractivity contribution in [3.05, 3.63) is 68.9 Å². The summed E-state index contributed by atoms with van der Waals surface area (Å²) >= 11 is 3.50. The number of fused-ring (bicyclic) bond motifs is 1. The number of anilines is 1. The summed E-state index contributed by atoms with van der Waals surface area (Å²) in [6, 6.07) is 7.77.